The summed E-state index contributed by atoms with van der Waals surface area (Å²) in [5.74, 6) is -0.558. The van der Waals surface area contributed by atoms with Crippen LogP contribution >= 0.6 is 0 Å². The lowest BCUT2D eigenvalue weighted by Crippen LogP contribution is -2.06. The number of halogens is 4. The van der Waals surface area contributed by atoms with E-state index in [1.54, 1.807) is 6.92 Å². The Morgan fingerprint density at radius 2 is 1.75 bits per heavy atom. The van der Waals surface area contributed by atoms with Crippen LogP contribution in [0.1, 0.15) is 11.1 Å². The summed E-state index contributed by atoms with van der Waals surface area (Å²) in [4.78, 5) is 0. The van der Waals surface area contributed by atoms with Crippen molar-refractivity contribution in [2.45, 2.75) is 13.1 Å². The topological polar surface area (TPSA) is 38.0 Å². The highest BCUT2D eigenvalue weighted by molar-refractivity contribution is 5.66. The van der Waals surface area contributed by atoms with E-state index in [4.69, 9.17) is 5.73 Å². The number of rotatable bonds is 2. The molecule has 0 amide bonds. The first-order chi connectivity index (χ1) is 9.25. The van der Waals surface area contributed by atoms with Gasteiger partial charge in [0.25, 0.3) is 0 Å². The van der Waals surface area contributed by atoms with Gasteiger partial charge in [-0.25, -0.2) is 4.39 Å². The molecule has 2 aromatic rings. The Hall–Kier alpha value is -2.24. The second-order valence-corrected chi connectivity index (χ2v) is 4.43. The maximum atomic E-state index is 13.2. The molecule has 6 heteroatoms. The van der Waals surface area contributed by atoms with Crippen LogP contribution in [0.5, 0.6) is 0 Å². The van der Waals surface area contributed by atoms with Gasteiger partial charge < -0.3 is 11.1 Å². The minimum Gasteiger partial charge on any atom is -0.399 e. The Morgan fingerprint density at radius 1 is 1.05 bits per heavy atom. The number of nitrogens with two attached hydrogens (primary N) is 1. The maximum Gasteiger partial charge on any atom is 0.416 e. The molecule has 0 aliphatic heterocycles. The monoisotopic (exact) mass is 284 g/mol. The smallest absolute Gasteiger partial charge is 0.399 e. The number of aryl methyl sites for hydroxylation is 1. The molecular formula is C14H12F4N2. The Bertz CT molecular complexity index is 615. The minimum absolute atomic E-state index is 0.192. The molecule has 2 aromatic carbocycles. The van der Waals surface area contributed by atoms with Gasteiger partial charge in [-0.15, -0.1) is 0 Å². The quantitative estimate of drug-likeness (QED) is 0.630. The molecule has 0 heterocycles. The predicted molar refractivity (Wildman–Crippen MR) is 70.3 cm³/mol. The maximum absolute atomic E-state index is 13.2. The van der Waals surface area contributed by atoms with Crippen molar-refractivity contribution in [1.29, 1.82) is 0 Å². The van der Waals surface area contributed by atoms with Crippen molar-refractivity contribution in [2.75, 3.05) is 11.1 Å². The van der Waals surface area contributed by atoms with E-state index in [2.05, 4.69) is 5.32 Å². The summed E-state index contributed by atoms with van der Waals surface area (Å²) >= 11 is 0. The van der Waals surface area contributed by atoms with Crippen molar-refractivity contribution in [1.82, 2.24) is 0 Å². The van der Waals surface area contributed by atoms with Crippen molar-refractivity contribution in [3.63, 3.8) is 0 Å². The average Bonchev–Trinajstić information content (AvgIpc) is 2.29. The first-order valence-electron chi connectivity index (χ1n) is 5.76. The number of benzene rings is 2. The van der Waals surface area contributed by atoms with E-state index in [1.807, 2.05) is 0 Å². The first-order valence-corrected chi connectivity index (χ1v) is 5.76. The minimum atomic E-state index is -4.43. The highest BCUT2D eigenvalue weighted by Crippen LogP contribution is 2.33. The summed E-state index contributed by atoms with van der Waals surface area (Å²) in [5, 5.41) is 2.75. The van der Waals surface area contributed by atoms with Crippen LogP contribution in [0.4, 0.5) is 34.6 Å². The lowest BCUT2D eigenvalue weighted by molar-refractivity contribution is -0.137. The van der Waals surface area contributed by atoms with Crippen LogP contribution in [0.3, 0.4) is 0 Å². The van der Waals surface area contributed by atoms with Crippen molar-refractivity contribution < 1.29 is 17.6 Å². The highest BCUT2D eigenvalue weighted by atomic mass is 19.4. The van der Waals surface area contributed by atoms with E-state index in [1.165, 1.54) is 12.1 Å². The molecule has 0 bridgehead atoms. The molecule has 0 unspecified atom stereocenters. The van der Waals surface area contributed by atoms with Crippen LogP contribution in [0.25, 0.3) is 0 Å². The number of nitrogens with one attached hydrogen (secondary N) is 1. The molecule has 0 aliphatic carbocycles. The molecule has 2 nitrogen and oxygen atoms in total. The van der Waals surface area contributed by atoms with Crippen LogP contribution in [-0.4, -0.2) is 0 Å². The van der Waals surface area contributed by atoms with Gasteiger partial charge in [0.1, 0.15) is 5.82 Å². The van der Waals surface area contributed by atoms with Crippen molar-refractivity contribution in [2.24, 2.45) is 0 Å². The number of alkyl halides is 3. The van der Waals surface area contributed by atoms with Gasteiger partial charge in [-0.3, -0.25) is 0 Å². The summed E-state index contributed by atoms with van der Waals surface area (Å²) in [6, 6.07) is 7.08. The number of anilines is 3. The molecule has 106 valence electrons. The summed E-state index contributed by atoms with van der Waals surface area (Å²) < 4.78 is 51.2. The van der Waals surface area contributed by atoms with Crippen LogP contribution in [0, 0.1) is 12.7 Å². The molecule has 0 aromatic heterocycles. The SMILES string of the molecule is Cc1ccc(C(F)(F)F)cc1Nc1cc(N)cc(F)c1. The fourth-order valence-electron chi connectivity index (χ4n) is 1.77. The predicted octanol–water partition coefficient (Wildman–Crippen LogP) is 4.48. The standard InChI is InChI=1S/C14H12F4N2/c1-8-2-3-9(14(16,17)18)4-13(8)20-12-6-10(15)5-11(19)7-12/h2-7,20H,19H2,1H3. The van der Waals surface area contributed by atoms with E-state index >= 15 is 0 Å². The molecule has 2 rings (SSSR count). The van der Waals surface area contributed by atoms with E-state index < -0.39 is 17.6 Å². The van der Waals surface area contributed by atoms with Gasteiger partial charge in [-0.1, -0.05) is 6.07 Å². The van der Waals surface area contributed by atoms with Gasteiger partial charge >= 0.3 is 6.18 Å². The Labute approximate surface area is 113 Å². The molecule has 0 atom stereocenters. The zero-order chi connectivity index (χ0) is 14.9. The molecule has 0 spiro atoms. The summed E-state index contributed by atoms with van der Waals surface area (Å²) in [6.07, 6.45) is -4.43. The third-order valence-corrected chi connectivity index (χ3v) is 2.76. The van der Waals surface area contributed by atoms with Gasteiger partial charge in [-0.2, -0.15) is 13.2 Å². The normalized spacial score (nSPS) is 11.4. The molecule has 0 saturated heterocycles. The van der Waals surface area contributed by atoms with Gasteiger partial charge in [0.2, 0.25) is 0 Å². The van der Waals surface area contributed by atoms with E-state index in [9.17, 15) is 17.6 Å². The average molecular weight is 284 g/mol. The molecule has 20 heavy (non-hydrogen) atoms. The van der Waals surface area contributed by atoms with Gasteiger partial charge in [0.05, 0.1) is 5.56 Å². The second kappa shape index (κ2) is 5.03. The molecule has 0 fully saturated rings. The van der Waals surface area contributed by atoms with E-state index in [0.29, 0.717) is 11.3 Å². The molecule has 0 radical (unpaired) electrons. The molecular weight excluding hydrogens is 272 g/mol. The Morgan fingerprint density at radius 3 is 2.35 bits per heavy atom. The summed E-state index contributed by atoms with van der Waals surface area (Å²) in [7, 11) is 0. The van der Waals surface area contributed by atoms with Crippen molar-refractivity contribution in [3.05, 3.63) is 53.3 Å². The van der Waals surface area contributed by atoms with Gasteiger partial charge in [0.15, 0.2) is 0 Å². The van der Waals surface area contributed by atoms with Gasteiger partial charge in [0, 0.05) is 17.1 Å². The Kier molecular flexibility index (Phi) is 3.57. The summed E-state index contributed by atoms with van der Waals surface area (Å²) in [5.41, 5.74) is 6.08. The molecule has 3 N–H and O–H groups in total. The number of hydrogen-bond donors (Lipinski definition) is 2. The van der Waals surface area contributed by atoms with E-state index in [-0.39, 0.29) is 11.4 Å². The fraction of sp³-hybridized carbons (Fsp3) is 0.143. The largest absolute Gasteiger partial charge is 0.416 e. The highest BCUT2D eigenvalue weighted by Gasteiger charge is 2.30. The number of hydrogen-bond acceptors (Lipinski definition) is 2. The third-order valence-electron chi connectivity index (χ3n) is 2.76. The number of nitrogen functional groups attached to an aromatic ring is 1. The zero-order valence-electron chi connectivity index (χ0n) is 10.6. The van der Waals surface area contributed by atoms with Gasteiger partial charge in [-0.05, 0) is 42.8 Å². The lowest BCUT2D eigenvalue weighted by atomic mass is 10.1. The van der Waals surface area contributed by atoms with Crippen LogP contribution in [-0.2, 0) is 6.18 Å². The lowest BCUT2D eigenvalue weighted by Gasteiger charge is -2.13. The molecule has 0 aliphatic rings. The second-order valence-electron chi connectivity index (χ2n) is 4.43. The first kappa shape index (κ1) is 14.2. The fourth-order valence-corrected chi connectivity index (χ4v) is 1.77. The van der Waals surface area contributed by atoms with Crippen LogP contribution < -0.4 is 11.1 Å². The zero-order valence-corrected chi connectivity index (χ0v) is 10.6. The third kappa shape index (κ3) is 3.20. The van der Waals surface area contributed by atoms with E-state index in [0.717, 1.165) is 24.3 Å². The van der Waals surface area contributed by atoms with Crippen LogP contribution in [0.2, 0.25) is 0 Å². The summed E-state index contributed by atoms with van der Waals surface area (Å²) in [6.45, 7) is 1.66. The van der Waals surface area contributed by atoms with Crippen LogP contribution in [0.15, 0.2) is 36.4 Å². The van der Waals surface area contributed by atoms with Crippen molar-refractivity contribution >= 4 is 17.1 Å². The Balaban J connectivity index is 2.37. The van der Waals surface area contributed by atoms with Crippen molar-refractivity contribution in [3.8, 4) is 0 Å². The molecule has 0 saturated carbocycles.